The average molecular weight is 453 g/mol. The first-order valence-electron chi connectivity index (χ1n) is 9.73. The van der Waals surface area contributed by atoms with E-state index in [9.17, 15) is 9.59 Å². The molecule has 0 atom stereocenters. The molecule has 2 aromatic carbocycles. The monoisotopic (exact) mass is 452 g/mol. The molecule has 0 aliphatic carbocycles. The zero-order chi connectivity index (χ0) is 22.2. The van der Waals surface area contributed by atoms with Crippen LogP contribution in [-0.2, 0) is 10.3 Å². The summed E-state index contributed by atoms with van der Waals surface area (Å²) in [5, 5.41) is 0. The number of carbonyl (C=O) groups is 2. The second kappa shape index (κ2) is 6.51. The minimum atomic E-state index is -0.741. The van der Waals surface area contributed by atoms with Crippen molar-refractivity contribution in [2.24, 2.45) is 0 Å². The van der Waals surface area contributed by atoms with Crippen LogP contribution < -0.4 is 14.4 Å². The molecule has 5 rings (SSSR count). The summed E-state index contributed by atoms with van der Waals surface area (Å²) in [6, 6.07) is 9.42. The van der Waals surface area contributed by atoms with Crippen molar-refractivity contribution in [3.05, 3.63) is 51.0 Å². The van der Waals surface area contributed by atoms with Crippen LogP contribution in [0.1, 0.15) is 34.6 Å². The first-order chi connectivity index (χ1) is 14.7. The zero-order valence-electron chi connectivity index (χ0n) is 17.7. The number of fused-ring (bicyclic) bond motifs is 2. The summed E-state index contributed by atoms with van der Waals surface area (Å²) in [4.78, 5) is 28.3. The van der Waals surface area contributed by atoms with Crippen LogP contribution in [0, 0.1) is 11.6 Å². The van der Waals surface area contributed by atoms with Gasteiger partial charge in [0, 0.05) is 11.1 Å². The van der Waals surface area contributed by atoms with Crippen molar-refractivity contribution in [1.82, 2.24) is 3.96 Å². The molecule has 1 amide bonds. The number of ether oxygens (including phenoxy) is 2. The van der Waals surface area contributed by atoms with Gasteiger partial charge in [-0.15, -0.1) is 0 Å². The van der Waals surface area contributed by atoms with Gasteiger partial charge in [0.15, 0.2) is 0 Å². The molecule has 158 valence electrons. The molecule has 0 unspecified atom stereocenters. The van der Waals surface area contributed by atoms with E-state index in [1.807, 2.05) is 49.0 Å². The van der Waals surface area contributed by atoms with E-state index < -0.39 is 17.2 Å². The maximum absolute atomic E-state index is 13.0. The Morgan fingerprint density at radius 2 is 1.74 bits per heavy atom. The number of benzene rings is 2. The molecule has 8 heteroatoms. The van der Waals surface area contributed by atoms with Gasteiger partial charge in [0.25, 0.3) is 11.7 Å². The highest BCUT2D eigenvalue weighted by molar-refractivity contribution is 7.71. The van der Waals surface area contributed by atoms with Crippen LogP contribution in [-0.4, -0.2) is 29.9 Å². The first kappa shape index (κ1) is 20.0. The quantitative estimate of drug-likeness (QED) is 0.412. The molecule has 1 aromatic heterocycles. The predicted octanol–water partition coefficient (Wildman–Crippen LogP) is 5.04. The Morgan fingerprint density at radius 1 is 1.03 bits per heavy atom. The van der Waals surface area contributed by atoms with Crippen molar-refractivity contribution in [3.8, 4) is 28.3 Å². The molecule has 0 saturated carbocycles. The highest BCUT2D eigenvalue weighted by Crippen LogP contribution is 2.55. The summed E-state index contributed by atoms with van der Waals surface area (Å²) in [5.41, 5.74) is 3.75. The number of aromatic nitrogens is 1. The number of Topliss-reactive ketones (excluding diaryl/α,β-unsaturated/α-hetero) is 1. The molecule has 0 fully saturated rings. The van der Waals surface area contributed by atoms with E-state index in [4.69, 9.17) is 21.7 Å². The molecule has 0 radical (unpaired) electrons. The second-order valence-electron chi connectivity index (χ2n) is 8.17. The number of amides is 1. The van der Waals surface area contributed by atoms with Crippen molar-refractivity contribution >= 4 is 41.1 Å². The van der Waals surface area contributed by atoms with Crippen LogP contribution >= 0.6 is 23.8 Å². The van der Waals surface area contributed by atoms with Crippen molar-refractivity contribution in [1.29, 1.82) is 0 Å². The van der Waals surface area contributed by atoms with E-state index in [1.165, 1.54) is 11.5 Å². The number of ketones is 1. The van der Waals surface area contributed by atoms with E-state index in [1.54, 1.807) is 25.2 Å². The van der Waals surface area contributed by atoms with E-state index in [-0.39, 0.29) is 0 Å². The van der Waals surface area contributed by atoms with E-state index in [2.05, 4.69) is 0 Å². The fourth-order valence-electron chi connectivity index (χ4n) is 4.43. The molecule has 2 aliphatic heterocycles. The van der Waals surface area contributed by atoms with E-state index in [0.29, 0.717) is 27.4 Å². The molecule has 0 N–H and O–H groups in total. The lowest BCUT2D eigenvalue weighted by Gasteiger charge is -2.39. The Balaban J connectivity index is 1.89. The van der Waals surface area contributed by atoms with Gasteiger partial charge in [0.05, 0.1) is 41.6 Å². The lowest BCUT2D eigenvalue weighted by molar-refractivity contribution is -0.115. The van der Waals surface area contributed by atoms with Gasteiger partial charge in [-0.2, -0.15) is 0 Å². The molecule has 31 heavy (non-hydrogen) atoms. The summed E-state index contributed by atoms with van der Waals surface area (Å²) in [6.07, 6.45) is 0. The fraction of sp³-hybridized carbons (Fsp3) is 0.261. The van der Waals surface area contributed by atoms with E-state index in [0.717, 1.165) is 27.3 Å². The highest BCUT2D eigenvalue weighted by Gasteiger charge is 2.51. The van der Waals surface area contributed by atoms with Gasteiger partial charge in [-0.1, -0.05) is 29.8 Å². The largest absolute Gasteiger partial charge is 0.497 e. The molecule has 3 heterocycles. The maximum Gasteiger partial charge on any atom is 0.300 e. The predicted molar refractivity (Wildman–Crippen MR) is 123 cm³/mol. The van der Waals surface area contributed by atoms with Crippen LogP contribution in [0.3, 0.4) is 0 Å². The summed E-state index contributed by atoms with van der Waals surface area (Å²) in [6.45, 7) is 5.91. The number of aryl methyl sites for hydroxylation is 1. The van der Waals surface area contributed by atoms with E-state index >= 15 is 0 Å². The van der Waals surface area contributed by atoms with Crippen molar-refractivity contribution in [2.75, 3.05) is 19.1 Å². The summed E-state index contributed by atoms with van der Waals surface area (Å²) in [5.74, 6) is 0.180. The molecule has 2 aliphatic rings. The standard InChI is InChI=1S/C23H20N2O4S2/c1-11-6-7-16(29-5)15(8-11)25-22(30)17-13-9-12(28-4)10-14-18(13)24(21(27)19(14)26)23(2,3)20(17)31-25/h6-10H,1-5H3. The third-order valence-corrected chi connectivity index (χ3v) is 7.88. The minimum Gasteiger partial charge on any atom is -0.497 e. The number of nitrogens with zero attached hydrogens (tertiary/aromatic N) is 2. The fourth-order valence-corrected chi connectivity index (χ4v) is 6.13. The third-order valence-electron chi connectivity index (χ3n) is 5.93. The summed E-state index contributed by atoms with van der Waals surface area (Å²) >= 11 is 7.42. The zero-order valence-corrected chi connectivity index (χ0v) is 19.4. The number of carbonyl (C=O) groups excluding carboxylic acids is 2. The molecule has 3 aromatic rings. The van der Waals surface area contributed by atoms with Gasteiger partial charge in [0.1, 0.15) is 16.1 Å². The average Bonchev–Trinajstić information content (AvgIpc) is 3.22. The molecule has 0 saturated heterocycles. The molecular formula is C23H20N2O4S2. The SMILES string of the molecule is COc1cc2c3c(c1)-c1c(sn(-c4cc(C)ccc4OC)c1=S)C(C)(C)N3C(=O)C2=O. The third kappa shape index (κ3) is 2.52. The highest BCUT2D eigenvalue weighted by atomic mass is 32.1. The van der Waals surface area contributed by atoms with Gasteiger partial charge in [0.2, 0.25) is 0 Å². The smallest absolute Gasteiger partial charge is 0.300 e. The molecule has 0 bridgehead atoms. The van der Waals surface area contributed by atoms with Gasteiger partial charge in [-0.05, 0) is 50.6 Å². The van der Waals surface area contributed by atoms with Gasteiger partial charge >= 0.3 is 0 Å². The molecular weight excluding hydrogens is 432 g/mol. The Kier molecular flexibility index (Phi) is 4.19. The van der Waals surface area contributed by atoms with Gasteiger partial charge < -0.3 is 9.47 Å². The number of hydrogen-bond acceptors (Lipinski definition) is 6. The Bertz CT molecular complexity index is 1370. The Hall–Kier alpha value is -2.97. The lowest BCUT2D eigenvalue weighted by Crippen LogP contribution is -2.46. The topological polar surface area (TPSA) is 60.8 Å². The van der Waals surface area contributed by atoms with Crippen molar-refractivity contribution in [3.63, 3.8) is 0 Å². The Morgan fingerprint density at radius 3 is 2.42 bits per heavy atom. The number of rotatable bonds is 3. The normalized spacial score (nSPS) is 15.7. The van der Waals surface area contributed by atoms with Gasteiger partial charge in [-0.25, -0.2) is 0 Å². The van der Waals surface area contributed by atoms with Crippen LogP contribution in [0.2, 0.25) is 0 Å². The van der Waals surface area contributed by atoms with Crippen LogP contribution in [0.4, 0.5) is 5.69 Å². The minimum absolute atomic E-state index is 0.360. The first-order valence-corrected chi connectivity index (χ1v) is 10.9. The van der Waals surface area contributed by atoms with Crippen LogP contribution in [0.5, 0.6) is 11.5 Å². The Labute approximate surface area is 188 Å². The molecule has 6 nitrogen and oxygen atoms in total. The summed E-state index contributed by atoms with van der Waals surface area (Å²) in [7, 11) is 3.17. The van der Waals surface area contributed by atoms with Crippen molar-refractivity contribution < 1.29 is 19.1 Å². The van der Waals surface area contributed by atoms with Crippen LogP contribution in [0.15, 0.2) is 30.3 Å². The number of methoxy groups -OCH3 is 2. The number of anilines is 1. The second-order valence-corrected chi connectivity index (χ2v) is 9.51. The lowest BCUT2D eigenvalue weighted by atomic mass is 9.87. The molecule has 0 spiro atoms. The van der Waals surface area contributed by atoms with Crippen LogP contribution in [0.25, 0.3) is 16.8 Å². The number of hydrogen-bond donors (Lipinski definition) is 0. The van der Waals surface area contributed by atoms with Gasteiger partial charge in [-0.3, -0.25) is 18.4 Å². The van der Waals surface area contributed by atoms with Crippen molar-refractivity contribution in [2.45, 2.75) is 26.3 Å². The summed E-state index contributed by atoms with van der Waals surface area (Å²) < 4.78 is 13.6. The maximum atomic E-state index is 13.0.